The van der Waals surface area contributed by atoms with E-state index in [9.17, 15) is 9.59 Å². The van der Waals surface area contributed by atoms with E-state index in [0.717, 1.165) is 43.5 Å². The molecule has 29 heavy (non-hydrogen) atoms. The van der Waals surface area contributed by atoms with Gasteiger partial charge in [0.25, 0.3) is 0 Å². The summed E-state index contributed by atoms with van der Waals surface area (Å²) >= 11 is 6.25. The molecule has 1 aromatic carbocycles. The lowest BCUT2D eigenvalue weighted by atomic mass is 9.99. The van der Waals surface area contributed by atoms with Gasteiger partial charge in [0.15, 0.2) is 0 Å². The number of hydrogen-bond acceptors (Lipinski definition) is 6. The Balaban J connectivity index is 1.58. The first-order valence-electron chi connectivity index (χ1n) is 9.90. The Morgan fingerprint density at radius 2 is 1.97 bits per heavy atom. The number of carbonyl (C=O) groups is 2. The van der Waals surface area contributed by atoms with E-state index in [0.29, 0.717) is 24.5 Å². The summed E-state index contributed by atoms with van der Waals surface area (Å²) in [6, 6.07) is 4.79. The molecule has 9 nitrogen and oxygen atoms in total. The largest absolute Gasteiger partial charge is 0.368 e. The second-order valence-electron chi connectivity index (χ2n) is 7.60. The summed E-state index contributed by atoms with van der Waals surface area (Å²) in [5.41, 5.74) is 7.29. The van der Waals surface area contributed by atoms with E-state index in [1.807, 2.05) is 12.1 Å². The average Bonchev–Trinajstić information content (AvgIpc) is 3.40. The number of amides is 2. The first-order chi connectivity index (χ1) is 14.0. The van der Waals surface area contributed by atoms with Crippen molar-refractivity contribution in [2.75, 3.05) is 13.1 Å². The number of nitrogens with zero attached hydrogens (tertiary/aromatic N) is 6. The van der Waals surface area contributed by atoms with Crippen molar-refractivity contribution in [1.29, 1.82) is 0 Å². The highest BCUT2D eigenvalue weighted by Crippen LogP contribution is 2.28. The second kappa shape index (κ2) is 8.46. The van der Waals surface area contributed by atoms with Gasteiger partial charge in [-0.2, -0.15) is 0 Å². The topological polar surface area (TPSA) is 110 Å². The molecule has 1 aromatic heterocycles. The van der Waals surface area contributed by atoms with Crippen LogP contribution in [0.4, 0.5) is 0 Å². The third-order valence-corrected chi connectivity index (χ3v) is 6.01. The molecule has 2 aliphatic heterocycles. The smallest absolute Gasteiger partial charge is 0.240 e. The zero-order valence-electron chi connectivity index (χ0n) is 16.1. The number of aromatic nitrogens is 4. The van der Waals surface area contributed by atoms with Crippen LogP contribution >= 0.6 is 11.6 Å². The number of piperidine rings is 1. The Kier molecular flexibility index (Phi) is 5.77. The molecule has 2 aliphatic rings. The lowest BCUT2D eigenvalue weighted by molar-refractivity contribution is -0.143. The highest BCUT2D eigenvalue weighted by atomic mass is 35.5. The van der Waals surface area contributed by atoms with Crippen molar-refractivity contribution < 1.29 is 9.59 Å². The fourth-order valence-corrected chi connectivity index (χ4v) is 4.57. The molecule has 2 amide bonds. The van der Waals surface area contributed by atoms with Crippen LogP contribution in [-0.2, 0) is 16.1 Å². The molecule has 2 saturated heterocycles. The second-order valence-corrected chi connectivity index (χ2v) is 8.04. The Morgan fingerprint density at radius 1 is 1.14 bits per heavy atom. The normalized spacial score (nSPS) is 22.7. The van der Waals surface area contributed by atoms with E-state index in [1.54, 1.807) is 15.6 Å². The van der Waals surface area contributed by atoms with E-state index in [4.69, 9.17) is 17.3 Å². The van der Waals surface area contributed by atoms with E-state index in [-0.39, 0.29) is 11.9 Å². The third kappa shape index (κ3) is 4.11. The third-order valence-electron chi connectivity index (χ3n) is 5.77. The van der Waals surface area contributed by atoms with Crippen molar-refractivity contribution in [3.8, 4) is 5.69 Å². The van der Waals surface area contributed by atoms with E-state index >= 15 is 0 Å². The van der Waals surface area contributed by atoms with Gasteiger partial charge in [0.1, 0.15) is 12.4 Å². The van der Waals surface area contributed by atoms with Gasteiger partial charge in [0, 0.05) is 18.1 Å². The summed E-state index contributed by atoms with van der Waals surface area (Å²) in [5.74, 6) is -0.425. The van der Waals surface area contributed by atoms with E-state index in [2.05, 4.69) is 20.4 Å². The number of tetrazole rings is 1. The van der Waals surface area contributed by atoms with Gasteiger partial charge >= 0.3 is 0 Å². The van der Waals surface area contributed by atoms with Crippen molar-refractivity contribution in [1.82, 2.24) is 30.0 Å². The molecule has 10 heteroatoms. The van der Waals surface area contributed by atoms with Crippen LogP contribution in [0.5, 0.6) is 0 Å². The molecule has 2 aromatic rings. The van der Waals surface area contributed by atoms with Crippen LogP contribution < -0.4 is 5.73 Å². The van der Waals surface area contributed by atoms with Gasteiger partial charge in [-0.3, -0.25) is 14.5 Å². The molecule has 4 rings (SSSR count). The molecule has 2 fully saturated rings. The summed E-state index contributed by atoms with van der Waals surface area (Å²) in [5, 5.41) is 12.0. The van der Waals surface area contributed by atoms with Crippen LogP contribution in [0.25, 0.3) is 5.69 Å². The van der Waals surface area contributed by atoms with Gasteiger partial charge in [-0.25, -0.2) is 4.68 Å². The molecular formula is C19H24ClN7O2. The molecule has 0 bridgehead atoms. The first-order valence-corrected chi connectivity index (χ1v) is 10.3. The SMILES string of the molecule is NC(=O)[C@@H]1CCCN1C(=O)[C@H]1CCCCN1Cc1cc(Cl)ccc1-n1cnnn1. The van der Waals surface area contributed by atoms with Crippen LogP contribution in [0.15, 0.2) is 24.5 Å². The van der Waals surface area contributed by atoms with Crippen molar-refractivity contribution in [2.45, 2.75) is 50.7 Å². The fourth-order valence-electron chi connectivity index (χ4n) is 4.37. The number of carbonyl (C=O) groups excluding carboxylic acids is 2. The van der Waals surface area contributed by atoms with Gasteiger partial charge in [-0.05, 0) is 66.4 Å². The Hall–Kier alpha value is -2.52. The van der Waals surface area contributed by atoms with Crippen LogP contribution in [0.3, 0.4) is 0 Å². The molecule has 0 unspecified atom stereocenters. The standard InChI is InChI=1S/C19H24ClN7O2/c20-14-6-7-15(27-12-22-23-24-27)13(10-14)11-25-8-2-1-4-17(25)19(29)26-9-3-5-16(26)18(21)28/h6-7,10,12,16-17H,1-5,8-9,11H2,(H2,21,28)/t16-,17+/m0/s1. The van der Waals surface area contributed by atoms with Gasteiger partial charge < -0.3 is 10.6 Å². The molecule has 3 heterocycles. The minimum Gasteiger partial charge on any atom is -0.368 e. The molecule has 2 atom stereocenters. The number of hydrogen-bond donors (Lipinski definition) is 1. The van der Waals surface area contributed by atoms with Gasteiger partial charge in [-0.15, -0.1) is 5.10 Å². The number of nitrogens with two attached hydrogens (primary N) is 1. The Morgan fingerprint density at radius 3 is 2.72 bits per heavy atom. The Bertz CT molecular complexity index is 889. The number of primary amides is 1. The van der Waals surface area contributed by atoms with Crippen molar-refractivity contribution in [2.24, 2.45) is 5.73 Å². The predicted octanol–water partition coefficient (Wildman–Crippen LogP) is 1.15. The maximum atomic E-state index is 13.3. The van der Waals surface area contributed by atoms with Gasteiger partial charge in [-0.1, -0.05) is 18.0 Å². The molecule has 0 aliphatic carbocycles. The van der Waals surface area contributed by atoms with E-state index in [1.165, 1.54) is 6.33 Å². The fraction of sp³-hybridized carbons (Fsp3) is 0.526. The lowest BCUT2D eigenvalue weighted by Crippen LogP contribution is -2.54. The number of halogens is 1. The summed E-state index contributed by atoms with van der Waals surface area (Å²) in [4.78, 5) is 28.9. The summed E-state index contributed by atoms with van der Waals surface area (Å²) in [6.07, 6.45) is 5.76. The van der Waals surface area contributed by atoms with Gasteiger partial charge in [0.05, 0.1) is 11.7 Å². The summed E-state index contributed by atoms with van der Waals surface area (Å²) in [6.45, 7) is 1.93. The molecule has 2 N–H and O–H groups in total. The molecule has 0 radical (unpaired) electrons. The minimum atomic E-state index is -0.491. The lowest BCUT2D eigenvalue weighted by Gasteiger charge is -2.38. The van der Waals surface area contributed by atoms with Crippen molar-refractivity contribution in [3.63, 3.8) is 0 Å². The summed E-state index contributed by atoms with van der Waals surface area (Å²) in [7, 11) is 0. The zero-order valence-corrected chi connectivity index (χ0v) is 16.8. The van der Waals surface area contributed by atoms with Gasteiger partial charge in [0.2, 0.25) is 11.8 Å². The molecule has 154 valence electrons. The summed E-state index contributed by atoms with van der Waals surface area (Å²) < 4.78 is 1.59. The first kappa shape index (κ1) is 19.8. The average molecular weight is 418 g/mol. The van der Waals surface area contributed by atoms with Crippen LogP contribution in [0.1, 0.15) is 37.7 Å². The molecular weight excluding hydrogens is 394 g/mol. The maximum absolute atomic E-state index is 13.3. The highest BCUT2D eigenvalue weighted by Gasteiger charge is 2.39. The minimum absolute atomic E-state index is 0.00278. The van der Waals surface area contributed by atoms with Crippen molar-refractivity contribution >= 4 is 23.4 Å². The monoisotopic (exact) mass is 417 g/mol. The van der Waals surface area contributed by atoms with E-state index < -0.39 is 11.9 Å². The van der Waals surface area contributed by atoms with Crippen LogP contribution in [0.2, 0.25) is 5.02 Å². The van der Waals surface area contributed by atoms with Crippen LogP contribution in [-0.4, -0.2) is 67.0 Å². The number of rotatable bonds is 5. The number of benzene rings is 1. The quantitative estimate of drug-likeness (QED) is 0.781. The number of likely N-dealkylation sites (tertiary alicyclic amines) is 2. The van der Waals surface area contributed by atoms with Crippen LogP contribution in [0, 0.1) is 0 Å². The zero-order chi connectivity index (χ0) is 20.4. The maximum Gasteiger partial charge on any atom is 0.240 e. The van der Waals surface area contributed by atoms with Crippen molar-refractivity contribution in [3.05, 3.63) is 35.1 Å². The molecule has 0 spiro atoms. The predicted molar refractivity (Wildman–Crippen MR) is 106 cm³/mol. The molecule has 0 saturated carbocycles. The highest BCUT2D eigenvalue weighted by molar-refractivity contribution is 6.30. The Labute approximate surface area is 173 Å².